The molecule has 1 aromatic heterocycles. The highest BCUT2D eigenvalue weighted by Crippen LogP contribution is 2.02. The van der Waals surface area contributed by atoms with Crippen LogP contribution in [-0.2, 0) is 7.05 Å². The van der Waals surface area contributed by atoms with Gasteiger partial charge in [0.1, 0.15) is 0 Å². The molecule has 0 aromatic carbocycles. The summed E-state index contributed by atoms with van der Waals surface area (Å²) in [5, 5.41) is 3.74. The minimum Gasteiger partial charge on any atom is -0.390 e. The molecule has 0 aliphatic carbocycles. The van der Waals surface area contributed by atoms with Gasteiger partial charge in [0.05, 0.1) is 0 Å². The fourth-order valence-electron chi connectivity index (χ4n) is 0.551. The zero-order valence-corrected chi connectivity index (χ0v) is 5.44. The van der Waals surface area contributed by atoms with Gasteiger partial charge in [-0.15, -0.1) is 5.10 Å². The van der Waals surface area contributed by atoms with Gasteiger partial charge in [0.15, 0.2) is 0 Å². The van der Waals surface area contributed by atoms with Gasteiger partial charge in [-0.25, -0.2) is 4.79 Å². The molecule has 0 aliphatic heterocycles. The fourth-order valence-corrected chi connectivity index (χ4v) is 0.551. The van der Waals surface area contributed by atoms with Crippen molar-refractivity contribution in [3.8, 4) is 5.88 Å². The van der Waals surface area contributed by atoms with Gasteiger partial charge in [0.2, 0.25) is 5.88 Å². The Morgan fingerprint density at radius 1 is 1.90 bits per heavy atom. The summed E-state index contributed by atoms with van der Waals surface area (Å²) >= 11 is 0. The molecule has 2 N–H and O–H groups in total. The molecular weight excluding hydrogens is 134 g/mol. The predicted molar refractivity (Wildman–Crippen MR) is 33.4 cm³/mol. The third-order valence-corrected chi connectivity index (χ3v) is 0.894. The summed E-state index contributed by atoms with van der Waals surface area (Å²) in [6.07, 6.45) is 0.803. The van der Waals surface area contributed by atoms with Crippen molar-refractivity contribution in [2.75, 3.05) is 0 Å². The van der Waals surface area contributed by atoms with Crippen molar-refractivity contribution in [3.05, 3.63) is 12.3 Å². The second-order valence-corrected chi connectivity index (χ2v) is 1.75. The van der Waals surface area contributed by atoms with E-state index in [1.165, 1.54) is 4.68 Å². The monoisotopic (exact) mass is 141 g/mol. The first-order valence-electron chi connectivity index (χ1n) is 2.65. The molecule has 0 saturated carbocycles. The van der Waals surface area contributed by atoms with Crippen LogP contribution in [0.4, 0.5) is 4.79 Å². The second kappa shape index (κ2) is 2.38. The number of nitrogens with two attached hydrogens (primary N) is 1. The van der Waals surface area contributed by atoms with Crippen molar-refractivity contribution in [1.82, 2.24) is 9.78 Å². The molecule has 1 heterocycles. The minimum absolute atomic E-state index is 0.218. The normalized spacial score (nSPS) is 9.30. The molecule has 5 heteroatoms. The van der Waals surface area contributed by atoms with Crippen LogP contribution >= 0.6 is 0 Å². The number of ether oxygens (including phenoxy) is 1. The molecule has 5 nitrogen and oxygen atoms in total. The summed E-state index contributed by atoms with van der Waals surface area (Å²) in [7, 11) is 1.72. The molecule has 54 valence electrons. The summed E-state index contributed by atoms with van der Waals surface area (Å²) in [4.78, 5) is 10.1. The van der Waals surface area contributed by atoms with Crippen LogP contribution < -0.4 is 10.5 Å². The van der Waals surface area contributed by atoms with Gasteiger partial charge >= 0.3 is 6.09 Å². The molecule has 0 spiro atoms. The highest BCUT2D eigenvalue weighted by atomic mass is 16.6. The largest absolute Gasteiger partial charge is 0.411 e. The molecule has 0 radical (unpaired) electrons. The first-order chi connectivity index (χ1) is 4.68. The van der Waals surface area contributed by atoms with E-state index in [-0.39, 0.29) is 5.88 Å². The average molecular weight is 141 g/mol. The molecule has 0 aliphatic rings. The van der Waals surface area contributed by atoms with Gasteiger partial charge in [-0.3, -0.25) is 4.68 Å². The Balaban J connectivity index is 2.67. The number of carbonyl (C=O) groups excluding carboxylic acids is 1. The van der Waals surface area contributed by atoms with Crippen LogP contribution in [0.3, 0.4) is 0 Å². The lowest BCUT2D eigenvalue weighted by atomic mass is 10.7. The summed E-state index contributed by atoms with van der Waals surface area (Å²) < 4.78 is 5.95. The Labute approximate surface area is 57.4 Å². The summed E-state index contributed by atoms with van der Waals surface area (Å²) in [6.45, 7) is 0. The standard InChI is InChI=1S/C5H7N3O2/c1-8-3-2-4(7-8)10-5(6)9/h2-3H,1H3,(H2,6,9). The topological polar surface area (TPSA) is 70.1 Å². The molecule has 0 saturated heterocycles. The summed E-state index contributed by atoms with van der Waals surface area (Å²) in [5.74, 6) is 0.218. The van der Waals surface area contributed by atoms with E-state index in [1.807, 2.05) is 0 Å². The first kappa shape index (κ1) is 6.60. The smallest absolute Gasteiger partial charge is 0.390 e. The van der Waals surface area contributed by atoms with Crippen LogP contribution in [0.2, 0.25) is 0 Å². The van der Waals surface area contributed by atoms with Crippen molar-refractivity contribution >= 4 is 6.09 Å². The second-order valence-electron chi connectivity index (χ2n) is 1.75. The first-order valence-corrected chi connectivity index (χ1v) is 2.65. The molecule has 0 bridgehead atoms. The Hall–Kier alpha value is -1.52. The van der Waals surface area contributed by atoms with E-state index < -0.39 is 6.09 Å². The van der Waals surface area contributed by atoms with E-state index in [4.69, 9.17) is 5.73 Å². The van der Waals surface area contributed by atoms with Crippen LogP contribution in [0.1, 0.15) is 0 Å². The number of hydrogen-bond acceptors (Lipinski definition) is 3. The molecule has 10 heavy (non-hydrogen) atoms. The lowest BCUT2D eigenvalue weighted by Gasteiger charge is -1.91. The highest BCUT2D eigenvalue weighted by Gasteiger charge is 1.99. The van der Waals surface area contributed by atoms with Gasteiger partial charge in [0, 0.05) is 19.3 Å². The molecular formula is C5H7N3O2. The Morgan fingerprint density at radius 2 is 2.60 bits per heavy atom. The molecule has 1 amide bonds. The quantitative estimate of drug-likeness (QED) is 0.592. The number of primary amides is 1. The number of carbonyl (C=O) groups is 1. The van der Waals surface area contributed by atoms with E-state index in [9.17, 15) is 4.79 Å². The van der Waals surface area contributed by atoms with Crippen LogP contribution in [-0.4, -0.2) is 15.9 Å². The number of nitrogens with zero attached hydrogens (tertiary/aromatic N) is 2. The van der Waals surface area contributed by atoms with E-state index in [2.05, 4.69) is 9.84 Å². The predicted octanol–water partition coefficient (Wildman–Crippen LogP) is -0.122. The Morgan fingerprint density at radius 3 is 3.00 bits per heavy atom. The molecule has 0 unspecified atom stereocenters. The van der Waals surface area contributed by atoms with Crippen molar-refractivity contribution in [2.45, 2.75) is 0 Å². The Bertz CT molecular complexity index is 243. The maximum absolute atomic E-state index is 10.1. The van der Waals surface area contributed by atoms with Crippen molar-refractivity contribution in [1.29, 1.82) is 0 Å². The zero-order chi connectivity index (χ0) is 7.56. The van der Waals surface area contributed by atoms with Crippen molar-refractivity contribution in [2.24, 2.45) is 12.8 Å². The maximum Gasteiger partial charge on any atom is 0.411 e. The summed E-state index contributed by atoms with van der Waals surface area (Å²) in [6, 6.07) is 1.55. The van der Waals surface area contributed by atoms with E-state index in [0.29, 0.717) is 0 Å². The molecule has 1 rings (SSSR count). The third-order valence-electron chi connectivity index (χ3n) is 0.894. The third kappa shape index (κ3) is 1.48. The van der Waals surface area contributed by atoms with Gasteiger partial charge in [-0.05, 0) is 0 Å². The minimum atomic E-state index is -0.848. The van der Waals surface area contributed by atoms with Gasteiger partial charge < -0.3 is 10.5 Å². The van der Waals surface area contributed by atoms with Crippen LogP contribution in [0, 0.1) is 0 Å². The molecule has 0 fully saturated rings. The SMILES string of the molecule is Cn1ccc(OC(N)=O)n1. The molecule has 0 atom stereocenters. The van der Waals surface area contributed by atoms with E-state index in [0.717, 1.165) is 0 Å². The maximum atomic E-state index is 10.1. The average Bonchev–Trinajstić information content (AvgIpc) is 2.13. The Kier molecular flexibility index (Phi) is 1.57. The number of amides is 1. The number of rotatable bonds is 1. The number of hydrogen-bond donors (Lipinski definition) is 1. The lowest BCUT2D eigenvalue weighted by molar-refractivity contribution is 0.208. The van der Waals surface area contributed by atoms with Gasteiger partial charge in [-0.1, -0.05) is 0 Å². The van der Waals surface area contributed by atoms with Crippen LogP contribution in [0.5, 0.6) is 5.88 Å². The van der Waals surface area contributed by atoms with E-state index in [1.54, 1.807) is 19.3 Å². The number of aromatic nitrogens is 2. The number of aryl methyl sites for hydroxylation is 1. The lowest BCUT2D eigenvalue weighted by Crippen LogP contribution is -2.16. The van der Waals surface area contributed by atoms with Crippen LogP contribution in [0.25, 0.3) is 0 Å². The van der Waals surface area contributed by atoms with Gasteiger partial charge in [-0.2, -0.15) is 0 Å². The molecule has 1 aromatic rings. The summed E-state index contributed by atoms with van der Waals surface area (Å²) in [5.41, 5.74) is 4.72. The fraction of sp³-hybridized carbons (Fsp3) is 0.200. The van der Waals surface area contributed by atoms with E-state index >= 15 is 0 Å². The van der Waals surface area contributed by atoms with Crippen LogP contribution in [0.15, 0.2) is 12.3 Å². The highest BCUT2D eigenvalue weighted by molar-refractivity contribution is 5.67. The zero-order valence-electron chi connectivity index (χ0n) is 5.44. The van der Waals surface area contributed by atoms with Crippen molar-refractivity contribution < 1.29 is 9.53 Å². The van der Waals surface area contributed by atoms with Crippen molar-refractivity contribution in [3.63, 3.8) is 0 Å². The van der Waals surface area contributed by atoms with Gasteiger partial charge in [0.25, 0.3) is 0 Å².